The lowest BCUT2D eigenvalue weighted by Crippen LogP contribution is -2.57. The van der Waals surface area contributed by atoms with Gasteiger partial charge in [-0.2, -0.15) is 5.26 Å². The zero-order valence-corrected chi connectivity index (χ0v) is 17.9. The fourth-order valence-corrected chi connectivity index (χ4v) is 4.01. The van der Waals surface area contributed by atoms with E-state index in [1.807, 2.05) is 37.3 Å². The number of amides is 1. The van der Waals surface area contributed by atoms with Gasteiger partial charge in [0.25, 0.3) is 5.91 Å². The van der Waals surface area contributed by atoms with Crippen molar-refractivity contribution in [2.75, 3.05) is 18.4 Å². The number of anilines is 1. The number of benzene rings is 2. The van der Waals surface area contributed by atoms with Crippen molar-refractivity contribution in [3.8, 4) is 17.2 Å². The van der Waals surface area contributed by atoms with Crippen molar-refractivity contribution in [1.29, 1.82) is 5.26 Å². The molecule has 5 rings (SSSR count). The third-order valence-electron chi connectivity index (χ3n) is 5.86. The number of pyridine rings is 2. The summed E-state index contributed by atoms with van der Waals surface area (Å²) in [7, 11) is 0. The van der Waals surface area contributed by atoms with Crippen LogP contribution in [0.5, 0.6) is 0 Å². The fourth-order valence-electron chi connectivity index (χ4n) is 4.01. The Morgan fingerprint density at radius 1 is 1.12 bits per heavy atom. The summed E-state index contributed by atoms with van der Waals surface area (Å²) in [6, 6.07) is 16.1. The van der Waals surface area contributed by atoms with E-state index in [0.29, 0.717) is 18.7 Å². The molecule has 0 bridgehead atoms. The highest BCUT2D eigenvalue weighted by Gasteiger charge is 2.31. The summed E-state index contributed by atoms with van der Waals surface area (Å²) in [5.41, 5.74) is 3.97. The van der Waals surface area contributed by atoms with E-state index in [1.165, 1.54) is 6.07 Å². The SMILES string of the molecule is Cc1ccc(C(=O)N2CC(Nc3cc(-c4ccc(F)c(C#N)c4)cc4ccncc34)C2)cn1. The maximum Gasteiger partial charge on any atom is 0.255 e. The number of likely N-dealkylation sites (tertiary alicyclic amines) is 1. The molecule has 0 atom stereocenters. The van der Waals surface area contributed by atoms with Gasteiger partial charge in [0.05, 0.1) is 17.2 Å². The lowest BCUT2D eigenvalue weighted by molar-refractivity contribution is 0.0625. The quantitative estimate of drug-likeness (QED) is 0.506. The molecular weight excluding hydrogens is 417 g/mol. The maximum absolute atomic E-state index is 13.8. The summed E-state index contributed by atoms with van der Waals surface area (Å²) in [6.45, 7) is 3.04. The van der Waals surface area contributed by atoms with Gasteiger partial charge in [0.1, 0.15) is 11.9 Å². The first-order chi connectivity index (χ1) is 16.0. The molecule has 1 fully saturated rings. The Kier molecular flexibility index (Phi) is 5.19. The van der Waals surface area contributed by atoms with Gasteiger partial charge in [0.2, 0.25) is 0 Å². The molecule has 0 spiro atoms. The summed E-state index contributed by atoms with van der Waals surface area (Å²) in [6.07, 6.45) is 5.13. The van der Waals surface area contributed by atoms with Gasteiger partial charge in [0, 0.05) is 48.4 Å². The first-order valence-corrected chi connectivity index (χ1v) is 10.6. The number of nitrogens with zero attached hydrogens (tertiary/aromatic N) is 4. The highest BCUT2D eigenvalue weighted by atomic mass is 19.1. The number of nitrogens with one attached hydrogen (secondary N) is 1. The average Bonchev–Trinajstić information content (AvgIpc) is 2.81. The van der Waals surface area contributed by atoms with E-state index < -0.39 is 5.82 Å². The van der Waals surface area contributed by atoms with Crippen LogP contribution >= 0.6 is 0 Å². The molecule has 1 aliphatic rings. The highest BCUT2D eigenvalue weighted by molar-refractivity contribution is 5.98. The summed E-state index contributed by atoms with van der Waals surface area (Å²) >= 11 is 0. The van der Waals surface area contributed by atoms with Gasteiger partial charge in [-0.05, 0) is 65.9 Å². The monoisotopic (exact) mass is 437 g/mol. The van der Waals surface area contributed by atoms with Crippen LogP contribution in [0.15, 0.2) is 67.1 Å². The second kappa shape index (κ2) is 8.32. The lowest BCUT2D eigenvalue weighted by Gasteiger charge is -2.40. The Balaban J connectivity index is 1.39. The van der Waals surface area contributed by atoms with Crippen LogP contribution in [0.2, 0.25) is 0 Å². The summed E-state index contributed by atoms with van der Waals surface area (Å²) in [5.74, 6) is -0.566. The lowest BCUT2D eigenvalue weighted by atomic mass is 9.98. The second-order valence-electron chi connectivity index (χ2n) is 8.17. The van der Waals surface area contributed by atoms with Crippen LogP contribution in [0.4, 0.5) is 10.1 Å². The first-order valence-electron chi connectivity index (χ1n) is 10.6. The third-order valence-corrected chi connectivity index (χ3v) is 5.86. The minimum atomic E-state index is -0.535. The molecule has 1 aliphatic heterocycles. The number of rotatable bonds is 4. The van der Waals surface area contributed by atoms with Crippen molar-refractivity contribution < 1.29 is 9.18 Å². The molecule has 7 heteroatoms. The van der Waals surface area contributed by atoms with Crippen molar-refractivity contribution in [2.24, 2.45) is 0 Å². The third kappa shape index (κ3) is 3.99. The predicted octanol–water partition coefficient (Wildman–Crippen LogP) is 4.55. The highest BCUT2D eigenvalue weighted by Crippen LogP contribution is 2.32. The van der Waals surface area contributed by atoms with Gasteiger partial charge in [-0.3, -0.25) is 14.8 Å². The summed E-state index contributed by atoms with van der Waals surface area (Å²) in [4.78, 5) is 22.9. The molecule has 6 nitrogen and oxygen atoms in total. The Bertz CT molecular complexity index is 1400. The largest absolute Gasteiger partial charge is 0.378 e. The second-order valence-corrected chi connectivity index (χ2v) is 8.17. The summed E-state index contributed by atoms with van der Waals surface area (Å²) < 4.78 is 13.8. The molecule has 3 heterocycles. The molecule has 2 aromatic heterocycles. The molecule has 1 N–H and O–H groups in total. The van der Waals surface area contributed by atoms with Crippen molar-refractivity contribution in [3.63, 3.8) is 0 Å². The van der Waals surface area contributed by atoms with Gasteiger partial charge in [-0.1, -0.05) is 6.07 Å². The van der Waals surface area contributed by atoms with Crippen LogP contribution in [0, 0.1) is 24.1 Å². The molecule has 2 aromatic carbocycles. The molecule has 1 amide bonds. The zero-order chi connectivity index (χ0) is 22.9. The van der Waals surface area contributed by atoms with Gasteiger partial charge < -0.3 is 10.2 Å². The Morgan fingerprint density at radius 2 is 1.97 bits per heavy atom. The summed E-state index contributed by atoms with van der Waals surface area (Å²) in [5, 5.41) is 14.7. The molecular formula is C26H20FN5O. The molecule has 0 radical (unpaired) electrons. The average molecular weight is 437 g/mol. The Labute approximate surface area is 190 Å². The van der Waals surface area contributed by atoms with Crippen LogP contribution in [-0.4, -0.2) is 39.9 Å². The van der Waals surface area contributed by atoms with Crippen molar-refractivity contribution in [2.45, 2.75) is 13.0 Å². The Hall–Kier alpha value is -4.31. The minimum Gasteiger partial charge on any atom is -0.378 e. The molecule has 33 heavy (non-hydrogen) atoms. The van der Waals surface area contributed by atoms with E-state index in [4.69, 9.17) is 0 Å². The molecule has 0 saturated carbocycles. The van der Waals surface area contributed by atoms with Gasteiger partial charge in [-0.25, -0.2) is 4.39 Å². The fraction of sp³-hybridized carbons (Fsp3) is 0.154. The van der Waals surface area contributed by atoms with Crippen molar-refractivity contribution in [3.05, 3.63) is 89.8 Å². The van der Waals surface area contributed by atoms with Crippen molar-refractivity contribution in [1.82, 2.24) is 14.9 Å². The first kappa shape index (κ1) is 20.6. The molecule has 162 valence electrons. The smallest absolute Gasteiger partial charge is 0.255 e. The molecule has 0 aliphatic carbocycles. The van der Waals surface area contributed by atoms with E-state index in [1.54, 1.807) is 41.7 Å². The standard InChI is InChI=1S/C26H20FN5O/c1-16-2-3-19(12-30-16)26(33)32-14-22(15-32)31-25-10-20(9-18-6-7-29-13-23(18)25)17-4-5-24(27)21(8-17)11-28/h2-10,12-13,22,31H,14-15H2,1H3. The van der Waals surface area contributed by atoms with Gasteiger partial charge >= 0.3 is 0 Å². The van der Waals surface area contributed by atoms with E-state index in [0.717, 1.165) is 33.3 Å². The van der Waals surface area contributed by atoms with Gasteiger partial charge in [0.15, 0.2) is 0 Å². The number of hydrogen-bond acceptors (Lipinski definition) is 5. The van der Waals surface area contributed by atoms with Crippen LogP contribution in [0.25, 0.3) is 21.9 Å². The predicted molar refractivity (Wildman–Crippen MR) is 124 cm³/mol. The minimum absolute atomic E-state index is 0.00979. The molecule has 4 aromatic rings. The number of aromatic nitrogens is 2. The van der Waals surface area contributed by atoms with E-state index in [2.05, 4.69) is 15.3 Å². The van der Waals surface area contributed by atoms with Crippen LogP contribution in [0.3, 0.4) is 0 Å². The molecule has 1 saturated heterocycles. The number of nitriles is 1. The van der Waals surface area contributed by atoms with E-state index >= 15 is 0 Å². The number of halogens is 1. The van der Waals surface area contributed by atoms with Crippen LogP contribution in [-0.2, 0) is 0 Å². The van der Waals surface area contributed by atoms with E-state index in [9.17, 15) is 14.4 Å². The topological polar surface area (TPSA) is 81.9 Å². The number of carbonyl (C=O) groups is 1. The number of aryl methyl sites for hydroxylation is 1. The van der Waals surface area contributed by atoms with Crippen molar-refractivity contribution >= 4 is 22.4 Å². The van der Waals surface area contributed by atoms with Crippen LogP contribution in [0.1, 0.15) is 21.6 Å². The maximum atomic E-state index is 13.8. The number of hydrogen-bond donors (Lipinski definition) is 1. The Morgan fingerprint density at radius 3 is 2.73 bits per heavy atom. The zero-order valence-electron chi connectivity index (χ0n) is 17.9. The number of carbonyl (C=O) groups excluding carboxylic acids is 1. The number of fused-ring (bicyclic) bond motifs is 1. The van der Waals surface area contributed by atoms with E-state index in [-0.39, 0.29) is 17.5 Å². The van der Waals surface area contributed by atoms with Gasteiger partial charge in [-0.15, -0.1) is 0 Å². The van der Waals surface area contributed by atoms with Crippen LogP contribution < -0.4 is 5.32 Å². The molecule has 0 unspecified atom stereocenters. The normalized spacial score (nSPS) is 13.4.